The molecular weight excluding hydrogens is 434 g/mol. The maximum absolute atomic E-state index is 12.8. The summed E-state index contributed by atoms with van der Waals surface area (Å²) in [6.07, 6.45) is 7.53. The van der Waals surface area contributed by atoms with Gasteiger partial charge in [0.05, 0.1) is 30.6 Å². The Balaban J connectivity index is 1.26. The number of amides is 2. The summed E-state index contributed by atoms with van der Waals surface area (Å²) >= 11 is 1.33. The third kappa shape index (κ3) is 3.03. The van der Waals surface area contributed by atoms with Crippen LogP contribution in [0.1, 0.15) is 27.5 Å². The van der Waals surface area contributed by atoms with Crippen molar-refractivity contribution in [3.63, 3.8) is 0 Å². The molecule has 2 unspecified atom stereocenters. The number of nitrogens with one attached hydrogen (secondary N) is 1. The predicted molar refractivity (Wildman–Crippen MR) is 114 cm³/mol. The monoisotopic (exact) mass is 451 g/mol. The average molecular weight is 451 g/mol. The van der Waals surface area contributed by atoms with Gasteiger partial charge in [-0.1, -0.05) is 0 Å². The van der Waals surface area contributed by atoms with Crippen LogP contribution < -0.4 is 11.1 Å². The van der Waals surface area contributed by atoms with E-state index in [9.17, 15) is 9.59 Å². The van der Waals surface area contributed by atoms with Gasteiger partial charge >= 0.3 is 0 Å². The summed E-state index contributed by atoms with van der Waals surface area (Å²) in [6, 6.07) is 1.70. The Labute approximate surface area is 184 Å². The van der Waals surface area contributed by atoms with Gasteiger partial charge in [0.2, 0.25) is 0 Å². The maximum Gasteiger partial charge on any atom is 0.284 e. The lowest BCUT2D eigenvalue weighted by atomic mass is 10.2. The fourth-order valence-electron chi connectivity index (χ4n) is 4.15. The Morgan fingerprint density at radius 3 is 2.97 bits per heavy atom. The summed E-state index contributed by atoms with van der Waals surface area (Å²) < 4.78 is 12.6. The van der Waals surface area contributed by atoms with Gasteiger partial charge < -0.3 is 25.1 Å². The van der Waals surface area contributed by atoms with Crippen molar-refractivity contribution in [2.24, 2.45) is 5.73 Å². The number of nitrogens with zero attached hydrogens (tertiary/aromatic N) is 5. The molecule has 4 aromatic rings. The first-order valence-electron chi connectivity index (χ1n) is 9.92. The molecule has 11 nitrogen and oxygen atoms in total. The molecule has 32 heavy (non-hydrogen) atoms. The van der Waals surface area contributed by atoms with Crippen LogP contribution in [0.2, 0.25) is 0 Å². The molecule has 162 valence electrons. The van der Waals surface area contributed by atoms with Gasteiger partial charge in [-0.3, -0.25) is 14.0 Å². The number of nitrogens with two attached hydrogens (primary N) is 1. The predicted octanol–water partition coefficient (Wildman–Crippen LogP) is 1.90. The number of aromatic nitrogens is 4. The zero-order valence-corrected chi connectivity index (χ0v) is 17.4. The topological polar surface area (TPSA) is 141 Å². The lowest BCUT2D eigenvalue weighted by Gasteiger charge is -2.25. The first-order valence-corrected chi connectivity index (χ1v) is 10.8. The number of fused-ring (bicyclic) bond motifs is 3. The van der Waals surface area contributed by atoms with E-state index in [4.69, 9.17) is 14.9 Å². The molecule has 2 bridgehead atoms. The summed E-state index contributed by atoms with van der Waals surface area (Å²) in [5.41, 5.74) is 7.56. The van der Waals surface area contributed by atoms with E-state index in [1.54, 1.807) is 30.0 Å². The van der Waals surface area contributed by atoms with Crippen LogP contribution in [-0.2, 0) is 4.74 Å². The van der Waals surface area contributed by atoms with Gasteiger partial charge in [0.25, 0.3) is 11.8 Å². The Hall–Kier alpha value is -3.77. The summed E-state index contributed by atoms with van der Waals surface area (Å²) in [5.74, 6) is -0.176. The number of hydrogen-bond acceptors (Lipinski definition) is 9. The second-order valence-electron chi connectivity index (χ2n) is 7.64. The quantitative estimate of drug-likeness (QED) is 0.469. The van der Waals surface area contributed by atoms with E-state index in [0.29, 0.717) is 46.7 Å². The van der Waals surface area contributed by atoms with E-state index in [0.717, 1.165) is 6.42 Å². The van der Waals surface area contributed by atoms with Crippen molar-refractivity contribution >= 4 is 39.7 Å². The van der Waals surface area contributed by atoms with Crippen LogP contribution in [0.4, 0.5) is 10.9 Å². The van der Waals surface area contributed by atoms with E-state index in [1.165, 1.54) is 17.6 Å². The Morgan fingerprint density at radius 1 is 1.31 bits per heavy atom. The molecule has 3 N–H and O–H groups in total. The number of ether oxygens (including phenoxy) is 1. The number of rotatable bonds is 5. The minimum atomic E-state index is -0.646. The molecule has 0 saturated carbocycles. The molecule has 0 radical (unpaired) electrons. The van der Waals surface area contributed by atoms with Gasteiger partial charge in [-0.2, -0.15) is 0 Å². The summed E-state index contributed by atoms with van der Waals surface area (Å²) in [4.78, 5) is 39.3. The standard InChI is InChI=1S/C20H17N7O4S/c21-16(28)15-3-10(7-31-15)14-5-23-17(18-22-1-2-26(14)18)25-20-24-13(9-32-20)19(29)27-6-12-4-11(27)8-30-12/h1-3,5,7,9,11-12H,4,6,8H2,(H2,21,28)(H,23,24,25). The number of furan rings is 1. The molecule has 0 aliphatic carbocycles. The lowest BCUT2D eigenvalue weighted by molar-refractivity contribution is 0.0256. The van der Waals surface area contributed by atoms with Gasteiger partial charge in [-0.15, -0.1) is 11.3 Å². The van der Waals surface area contributed by atoms with Crippen LogP contribution >= 0.6 is 11.3 Å². The highest BCUT2D eigenvalue weighted by atomic mass is 32.1. The van der Waals surface area contributed by atoms with Crippen LogP contribution in [0.3, 0.4) is 0 Å². The van der Waals surface area contributed by atoms with Crippen molar-refractivity contribution in [1.29, 1.82) is 0 Å². The van der Waals surface area contributed by atoms with E-state index >= 15 is 0 Å². The molecular formula is C20H17N7O4S. The number of hydrogen-bond donors (Lipinski definition) is 2. The third-order valence-electron chi connectivity index (χ3n) is 5.68. The number of carbonyl (C=O) groups excluding carboxylic acids is 2. The number of imidazole rings is 1. The summed E-state index contributed by atoms with van der Waals surface area (Å²) in [6.45, 7) is 1.21. The highest BCUT2D eigenvalue weighted by Gasteiger charge is 2.42. The van der Waals surface area contributed by atoms with E-state index in [-0.39, 0.29) is 23.8 Å². The molecule has 4 aromatic heterocycles. The van der Waals surface area contributed by atoms with E-state index in [1.807, 2.05) is 9.30 Å². The first kappa shape index (κ1) is 19.0. The molecule has 6 rings (SSSR count). The SMILES string of the molecule is NC(=O)c1cc(-c2cnc(Nc3nc(C(=O)N4CC5CC4CO5)cs3)c3nccn23)co1. The second-order valence-corrected chi connectivity index (χ2v) is 8.50. The maximum atomic E-state index is 12.8. The van der Waals surface area contributed by atoms with Gasteiger partial charge in [-0.05, 0) is 12.5 Å². The number of carbonyl (C=O) groups is 2. The minimum Gasteiger partial charge on any atom is -0.458 e. The van der Waals surface area contributed by atoms with Crippen molar-refractivity contribution < 1.29 is 18.7 Å². The highest BCUT2D eigenvalue weighted by molar-refractivity contribution is 7.14. The van der Waals surface area contributed by atoms with Crippen molar-refractivity contribution in [1.82, 2.24) is 24.3 Å². The van der Waals surface area contributed by atoms with Gasteiger partial charge in [0, 0.05) is 29.9 Å². The highest BCUT2D eigenvalue weighted by Crippen LogP contribution is 2.31. The molecule has 2 aliphatic rings. The Morgan fingerprint density at radius 2 is 2.22 bits per heavy atom. The lowest BCUT2D eigenvalue weighted by Crippen LogP contribution is -2.41. The van der Waals surface area contributed by atoms with Crippen LogP contribution in [0.15, 0.2) is 40.7 Å². The molecule has 2 aliphatic heterocycles. The van der Waals surface area contributed by atoms with Crippen molar-refractivity contribution in [3.05, 3.63) is 47.8 Å². The number of anilines is 2. The molecule has 0 spiro atoms. The molecule has 2 saturated heterocycles. The smallest absolute Gasteiger partial charge is 0.284 e. The Bertz CT molecular complexity index is 1360. The van der Waals surface area contributed by atoms with Gasteiger partial charge in [0.1, 0.15) is 12.0 Å². The fourth-order valence-corrected chi connectivity index (χ4v) is 4.83. The third-order valence-corrected chi connectivity index (χ3v) is 6.43. The normalized spacial score (nSPS) is 19.7. The average Bonchev–Trinajstić information content (AvgIpc) is 3.61. The number of morpholine rings is 1. The zero-order chi connectivity index (χ0) is 21.8. The number of likely N-dealkylation sites (tertiary alicyclic amines) is 1. The van der Waals surface area contributed by atoms with E-state index in [2.05, 4.69) is 20.3 Å². The largest absolute Gasteiger partial charge is 0.458 e. The first-order chi connectivity index (χ1) is 15.6. The molecule has 0 aromatic carbocycles. The fraction of sp³-hybridized carbons (Fsp3) is 0.250. The zero-order valence-electron chi connectivity index (χ0n) is 16.6. The van der Waals surface area contributed by atoms with Crippen molar-refractivity contribution in [2.75, 3.05) is 18.5 Å². The van der Waals surface area contributed by atoms with Crippen LogP contribution in [0, 0.1) is 0 Å². The molecule has 2 atom stereocenters. The second kappa shape index (κ2) is 7.14. The van der Waals surface area contributed by atoms with E-state index < -0.39 is 5.91 Å². The molecule has 12 heteroatoms. The van der Waals surface area contributed by atoms with Crippen LogP contribution in [-0.4, -0.2) is 61.4 Å². The summed E-state index contributed by atoms with van der Waals surface area (Å²) in [5, 5.41) is 5.44. The van der Waals surface area contributed by atoms with Crippen molar-refractivity contribution in [3.8, 4) is 11.3 Å². The summed E-state index contributed by atoms with van der Waals surface area (Å²) in [7, 11) is 0. The molecule has 2 amide bonds. The molecule has 2 fully saturated rings. The number of thiazole rings is 1. The van der Waals surface area contributed by atoms with Crippen LogP contribution in [0.5, 0.6) is 0 Å². The Kier molecular flexibility index (Phi) is 4.23. The van der Waals surface area contributed by atoms with Crippen LogP contribution in [0.25, 0.3) is 16.9 Å². The number of primary amides is 1. The van der Waals surface area contributed by atoms with Gasteiger partial charge in [0.15, 0.2) is 22.4 Å². The van der Waals surface area contributed by atoms with Gasteiger partial charge in [-0.25, -0.2) is 15.0 Å². The minimum absolute atomic E-state index is 0.0632. The molecule has 6 heterocycles. The van der Waals surface area contributed by atoms with Crippen molar-refractivity contribution in [2.45, 2.75) is 18.6 Å².